The number of nitrogens with one attached hydrogen (secondary N) is 1. The Morgan fingerprint density at radius 3 is 2.56 bits per heavy atom. The van der Waals surface area contributed by atoms with Crippen molar-refractivity contribution in [3.05, 3.63) is 0 Å². The Kier molecular flexibility index (Phi) is 5.04. The molecule has 0 aromatic carbocycles. The molecule has 4 nitrogen and oxygen atoms in total. The Balaban J connectivity index is 2.03. The number of sulfone groups is 1. The first-order chi connectivity index (χ1) is 8.66. The van der Waals surface area contributed by atoms with Crippen molar-refractivity contribution in [2.75, 3.05) is 19.8 Å². The second-order valence-corrected chi connectivity index (χ2v) is 7.88. The van der Waals surface area contributed by atoms with Crippen molar-refractivity contribution >= 4 is 9.84 Å². The molecule has 0 aromatic rings. The molecule has 0 amide bonds. The minimum absolute atomic E-state index is 0.160. The molecule has 5 heteroatoms. The summed E-state index contributed by atoms with van der Waals surface area (Å²) in [7, 11) is -2.98. The molecule has 1 N–H and O–H groups in total. The molecule has 1 aliphatic heterocycles. The molecule has 18 heavy (non-hydrogen) atoms. The first-order valence-electron chi connectivity index (χ1n) is 7.20. The van der Waals surface area contributed by atoms with E-state index >= 15 is 0 Å². The van der Waals surface area contributed by atoms with E-state index in [-0.39, 0.29) is 16.5 Å². The van der Waals surface area contributed by atoms with Gasteiger partial charge < -0.3 is 10.1 Å². The maximum absolute atomic E-state index is 12.7. The molecule has 0 spiro atoms. The first kappa shape index (κ1) is 14.3. The highest BCUT2D eigenvalue weighted by Crippen LogP contribution is 2.31. The van der Waals surface area contributed by atoms with E-state index in [9.17, 15) is 8.42 Å². The predicted octanol–water partition coefficient (Wildman–Crippen LogP) is 1.50. The smallest absolute Gasteiger partial charge is 0.157 e. The first-order valence-corrected chi connectivity index (χ1v) is 8.81. The van der Waals surface area contributed by atoms with Crippen LogP contribution in [0, 0.1) is 0 Å². The van der Waals surface area contributed by atoms with Gasteiger partial charge in [0.05, 0.1) is 10.5 Å². The lowest BCUT2D eigenvalue weighted by Gasteiger charge is -2.28. The van der Waals surface area contributed by atoms with Crippen LogP contribution >= 0.6 is 0 Å². The fraction of sp³-hybridized carbons (Fsp3) is 1.00. The molecule has 1 saturated carbocycles. The molecule has 0 aromatic heterocycles. The Hall–Kier alpha value is -0.130. The van der Waals surface area contributed by atoms with Crippen LogP contribution in [-0.2, 0) is 14.6 Å². The molecule has 106 valence electrons. The fourth-order valence-corrected chi connectivity index (χ4v) is 5.66. The summed E-state index contributed by atoms with van der Waals surface area (Å²) in [6.45, 7) is 4.24. The van der Waals surface area contributed by atoms with Gasteiger partial charge in [-0.2, -0.15) is 0 Å². The van der Waals surface area contributed by atoms with Crippen LogP contribution in [0.1, 0.15) is 45.4 Å². The quantitative estimate of drug-likeness (QED) is 0.826. The van der Waals surface area contributed by atoms with Crippen molar-refractivity contribution in [3.8, 4) is 0 Å². The normalized spacial score (nSPS) is 30.7. The van der Waals surface area contributed by atoms with Crippen LogP contribution in [-0.4, -0.2) is 44.7 Å². The van der Waals surface area contributed by atoms with E-state index in [2.05, 4.69) is 12.2 Å². The zero-order chi connectivity index (χ0) is 13.0. The van der Waals surface area contributed by atoms with Crippen LogP contribution in [0.3, 0.4) is 0 Å². The molecule has 2 fully saturated rings. The lowest BCUT2D eigenvalue weighted by atomic mass is 10.2. The van der Waals surface area contributed by atoms with Gasteiger partial charge >= 0.3 is 0 Å². The second kappa shape index (κ2) is 6.35. The number of rotatable bonds is 5. The molecule has 1 aliphatic carbocycles. The molecule has 0 bridgehead atoms. The van der Waals surface area contributed by atoms with Gasteiger partial charge in [0, 0.05) is 19.3 Å². The summed E-state index contributed by atoms with van der Waals surface area (Å²) in [5.74, 6) is 0. The van der Waals surface area contributed by atoms with E-state index in [1.165, 1.54) is 0 Å². The highest BCUT2D eigenvalue weighted by Gasteiger charge is 2.41. The lowest BCUT2D eigenvalue weighted by Crippen LogP contribution is -2.45. The Morgan fingerprint density at radius 2 is 1.89 bits per heavy atom. The summed E-state index contributed by atoms with van der Waals surface area (Å²) in [5, 5.41) is 3.09. The highest BCUT2D eigenvalue weighted by molar-refractivity contribution is 7.92. The maximum Gasteiger partial charge on any atom is 0.157 e. The van der Waals surface area contributed by atoms with Gasteiger partial charge in [0.2, 0.25) is 0 Å². The average Bonchev–Trinajstić information content (AvgIpc) is 2.86. The Labute approximate surface area is 110 Å². The number of ether oxygens (including phenoxy) is 1. The van der Waals surface area contributed by atoms with Gasteiger partial charge in [-0.05, 0) is 38.6 Å². The highest BCUT2D eigenvalue weighted by atomic mass is 32.2. The summed E-state index contributed by atoms with van der Waals surface area (Å²) in [4.78, 5) is 0. The predicted molar refractivity (Wildman–Crippen MR) is 72.5 cm³/mol. The Morgan fingerprint density at radius 1 is 1.17 bits per heavy atom. The zero-order valence-corrected chi connectivity index (χ0v) is 12.0. The largest absolute Gasteiger partial charge is 0.381 e. The number of hydrogen-bond donors (Lipinski definition) is 1. The van der Waals surface area contributed by atoms with E-state index in [0.29, 0.717) is 26.1 Å². The van der Waals surface area contributed by atoms with Crippen LogP contribution in [0.2, 0.25) is 0 Å². The SMILES string of the molecule is CCCNC1CCCC1S(=O)(=O)C1CCOCC1. The molecule has 2 rings (SSSR count). The summed E-state index contributed by atoms with van der Waals surface area (Å²) in [5.41, 5.74) is 0. The van der Waals surface area contributed by atoms with E-state index in [1.807, 2.05) is 0 Å². The van der Waals surface area contributed by atoms with Crippen LogP contribution in [0.25, 0.3) is 0 Å². The second-order valence-electron chi connectivity index (χ2n) is 5.43. The summed E-state index contributed by atoms with van der Waals surface area (Å²) >= 11 is 0. The summed E-state index contributed by atoms with van der Waals surface area (Å²) in [6.07, 6.45) is 5.29. The molecule has 1 heterocycles. The zero-order valence-electron chi connectivity index (χ0n) is 11.2. The number of hydrogen-bond acceptors (Lipinski definition) is 4. The van der Waals surface area contributed by atoms with E-state index in [4.69, 9.17) is 4.74 Å². The third-order valence-corrected chi connectivity index (χ3v) is 6.97. The van der Waals surface area contributed by atoms with Gasteiger partial charge in [-0.15, -0.1) is 0 Å². The average molecular weight is 275 g/mol. The summed E-state index contributed by atoms with van der Waals surface area (Å²) < 4.78 is 30.6. The van der Waals surface area contributed by atoms with Gasteiger partial charge in [0.15, 0.2) is 9.84 Å². The molecule has 2 atom stereocenters. The Bertz CT molecular complexity index is 349. The molecule has 1 saturated heterocycles. The van der Waals surface area contributed by atoms with E-state index < -0.39 is 9.84 Å². The third kappa shape index (κ3) is 3.06. The summed E-state index contributed by atoms with van der Waals surface area (Å²) in [6, 6.07) is 0.179. The molecule has 0 radical (unpaired) electrons. The van der Waals surface area contributed by atoms with Gasteiger partial charge in [0.25, 0.3) is 0 Å². The van der Waals surface area contributed by atoms with Gasteiger partial charge in [0.1, 0.15) is 0 Å². The maximum atomic E-state index is 12.7. The minimum Gasteiger partial charge on any atom is -0.381 e. The molecular weight excluding hydrogens is 250 g/mol. The van der Waals surface area contributed by atoms with Gasteiger partial charge in [-0.3, -0.25) is 0 Å². The molecule has 2 unspecified atom stereocenters. The van der Waals surface area contributed by atoms with Crippen molar-refractivity contribution < 1.29 is 13.2 Å². The van der Waals surface area contributed by atoms with E-state index in [0.717, 1.165) is 32.2 Å². The van der Waals surface area contributed by atoms with Crippen molar-refractivity contribution in [3.63, 3.8) is 0 Å². The fourth-order valence-electron chi connectivity index (χ4n) is 3.13. The third-order valence-electron chi connectivity index (χ3n) is 4.16. The molecule has 2 aliphatic rings. The van der Waals surface area contributed by atoms with Crippen molar-refractivity contribution in [1.82, 2.24) is 5.32 Å². The lowest BCUT2D eigenvalue weighted by molar-refractivity contribution is 0.0981. The van der Waals surface area contributed by atoms with Crippen molar-refractivity contribution in [2.45, 2.75) is 62.0 Å². The van der Waals surface area contributed by atoms with Crippen LogP contribution < -0.4 is 5.32 Å². The van der Waals surface area contributed by atoms with Crippen LogP contribution in [0.15, 0.2) is 0 Å². The minimum atomic E-state index is -2.98. The van der Waals surface area contributed by atoms with Crippen molar-refractivity contribution in [1.29, 1.82) is 0 Å². The van der Waals surface area contributed by atoms with Crippen molar-refractivity contribution in [2.24, 2.45) is 0 Å². The van der Waals surface area contributed by atoms with Gasteiger partial charge in [-0.25, -0.2) is 8.42 Å². The van der Waals surface area contributed by atoms with Crippen LogP contribution in [0.5, 0.6) is 0 Å². The van der Waals surface area contributed by atoms with Gasteiger partial charge in [-0.1, -0.05) is 13.3 Å². The van der Waals surface area contributed by atoms with E-state index in [1.54, 1.807) is 0 Å². The topological polar surface area (TPSA) is 55.4 Å². The standard InChI is InChI=1S/C13H25NO3S/c1-2-8-14-12-4-3-5-13(12)18(15,16)11-6-9-17-10-7-11/h11-14H,2-10H2,1H3. The monoisotopic (exact) mass is 275 g/mol. The molecular formula is C13H25NO3S. The van der Waals surface area contributed by atoms with Crippen LogP contribution in [0.4, 0.5) is 0 Å².